The third kappa shape index (κ3) is 3.96. The minimum absolute atomic E-state index is 0.00320. The van der Waals surface area contributed by atoms with E-state index < -0.39 is 4.92 Å². The van der Waals surface area contributed by atoms with Crippen LogP contribution in [-0.4, -0.2) is 29.5 Å². The predicted molar refractivity (Wildman–Crippen MR) is 86.4 cm³/mol. The molecule has 0 bridgehead atoms. The summed E-state index contributed by atoms with van der Waals surface area (Å²) in [6.07, 6.45) is 3.25. The minimum Gasteiger partial charge on any atom is -0.366 e. The normalized spacial score (nSPS) is 15.5. The summed E-state index contributed by atoms with van der Waals surface area (Å²) in [5.41, 5.74) is 0.556. The van der Waals surface area contributed by atoms with Gasteiger partial charge < -0.3 is 10.2 Å². The standard InChI is InChI=1S/C16H23N3O3/c1-16(2,3)17-15(20)12-7-8-13(14(11-12)19(21)22)18-9-5-4-6-10-18/h7-8,11H,4-6,9-10H2,1-3H3,(H,17,20). The van der Waals surface area contributed by atoms with Crippen molar-refractivity contribution in [3.8, 4) is 0 Å². The summed E-state index contributed by atoms with van der Waals surface area (Å²) in [5.74, 6) is -0.291. The maximum absolute atomic E-state index is 12.2. The molecule has 0 saturated carbocycles. The first-order valence-electron chi connectivity index (χ1n) is 7.64. The first kappa shape index (κ1) is 16.3. The molecule has 0 aromatic heterocycles. The molecule has 120 valence electrons. The molecular weight excluding hydrogens is 282 g/mol. The van der Waals surface area contributed by atoms with E-state index >= 15 is 0 Å². The molecule has 0 unspecified atom stereocenters. The summed E-state index contributed by atoms with van der Waals surface area (Å²) in [5, 5.41) is 14.2. The lowest BCUT2D eigenvalue weighted by molar-refractivity contribution is -0.384. The van der Waals surface area contributed by atoms with Crippen molar-refractivity contribution in [2.75, 3.05) is 18.0 Å². The topological polar surface area (TPSA) is 75.5 Å². The Balaban J connectivity index is 2.30. The lowest BCUT2D eigenvalue weighted by atomic mass is 10.1. The fourth-order valence-electron chi connectivity index (χ4n) is 2.63. The summed E-state index contributed by atoms with van der Waals surface area (Å²) >= 11 is 0. The number of carbonyl (C=O) groups is 1. The number of nitro benzene ring substituents is 1. The smallest absolute Gasteiger partial charge is 0.293 e. The van der Waals surface area contributed by atoms with Crippen LogP contribution in [0, 0.1) is 10.1 Å². The van der Waals surface area contributed by atoms with Gasteiger partial charge in [-0.2, -0.15) is 0 Å². The fraction of sp³-hybridized carbons (Fsp3) is 0.562. The molecule has 1 aromatic rings. The number of amides is 1. The molecule has 1 amide bonds. The van der Waals surface area contributed by atoms with Crippen molar-refractivity contribution >= 4 is 17.3 Å². The van der Waals surface area contributed by atoms with Crippen LogP contribution < -0.4 is 10.2 Å². The van der Waals surface area contributed by atoms with Crippen molar-refractivity contribution in [3.05, 3.63) is 33.9 Å². The van der Waals surface area contributed by atoms with Crippen LogP contribution in [0.15, 0.2) is 18.2 Å². The molecule has 0 atom stereocenters. The highest BCUT2D eigenvalue weighted by Crippen LogP contribution is 2.31. The molecule has 1 saturated heterocycles. The van der Waals surface area contributed by atoms with Crippen molar-refractivity contribution in [2.45, 2.75) is 45.6 Å². The first-order chi connectivity index (χ1) is 10.3. The molecule has 22 heavy (non-hydrogen) atoms. The largest absolute Gasteiger partial charge is 0.366 e. The zero-order valence-corrected chi connectivity index (χ0v) is 13.4. The van der Waals surface area contributed by atoms with Gasteiger partial charge in [0.2, 0.25) is 0 Å². The van der Waals surface area contributed by atoms with Crippen molar-refractivity contribution in [1.82, 2.24) is 5.32 Å². The number of hydrogen-bond acceptors (Lipinski definition) is 4. The second kappa shape index (κ2) is 6.34. The van der Waals surface area contributed by atoms with E-state index in [0.29, 0.717) is 11.3 Å². The maximum atomic E-state index is 12.2. The van der Waals surface area contributed by atoms with Gasteiger partial charge in [0, 0.05) is 30.3 Å². The van der Waals surface area contributed by atoms with E-state index in [1.165, 1.54) is 6.07 Å². The van der Waals surface area contributed by atoms with Crippen molar-refractivity contribution in [2.24, 2.45) is 0 Å². The number of nitro groups is 1. The molecule has 1 N–H and O–H groups in total. The summed E-state index contributed by atoms with van der Waals surface area (Å²) in [7, 11) is 0. The molecule has 1 fully saturated rings. The average Bonchev–Trinajstić information content (AvgIpc) is 2.45. The van der Waals surface area contributed by atoms with Crippen molar-refractivity contribution in [3.63, 3.8) is 0 Å². The molecule has 0 aliphatic carbocycles. The van der Waals surface area contributed by atoms with E-state index in [2.05, 4.69) is 5.32 Å². The van der Waals surface area contributed by atoms with E-state index in [4.69, 9.17) is 0 Å². The zero-order chi connectivity index (χ0) is 16.3. The van der Waals surface area contributed by atoms with Gasteiger partial charge in [0.25, 0.3) is 11.6 Å². The zero-order valence-electron chi connectivity index (χ0n) is 13.4. The van der Waals surface area contributed by atoms with Gasteiger partial charge in [-0.3, -0.25) is 14.9 Å². The van der Waals surface area contributed by atoms with Gasteiger partial charge in [0.1, 0.15) is 5.69 Å². The Morgan fingerprint density at radius 3 is 2.41 bits per heavy atom. The van der Waals surface area contributed by atoms with Crippen LogP contribution in [0.1, 0.15) is 50.4 Å². The highest BCUT2D eigenvalue weighted by atomic mass is 16.6. The second-order valence-corrected chi connectivity index (χ2v) is 6.71. The highest BCUT2D eigenvalue weighted by Gasteiger charge is 2.24. The summed E-state index contributed by atoms with van der Waals surface area (Å²) in [6, 6.07) is 4.74. The molecule has 1 aliphatic heterocycles. The van der Waals surface area contributed by atoms with Gasteiger partial charge in [-0.05, 0) is 52.2 Å². The molecule has 6 heteroatoms. The number of rotatable bonds is 3. The quantitative estimate of drug-likeness (QED) is 0.687. The second-order valence-electron chi connectivity index (χ2n) is 6.71. The third-order valence-corrected chi connectivity index (χ3v) is 3.62. The van der Waals surface area contributed by atoms with Crippen molar-refractivity contribution < 1.29 is 9.72 Å². The molecular formula is C16H23N3O3. The Hall–Kier alpha value is -2.11. The van der Waals surface area contributed by atoms with Gasteiger partial charge in [0.15, 0.2) is 0 Å². The van der Waals surface area contributed by atoms with Crippen LogP contribution in [0.2, 0.25) is 0 Å². The van der Waals surface area contributed by atoms with E-state index in [-0.39, 0.29) is 17.1 Å². The summed E-state index contributed by atoms with van der Waals surface area (Å²) in [6.45, 7) is 7.28. The predicted octanol–water partition coefficient (Wildman–Crippen LogP) is 3.11. The minimum atomic E-state index is -0.405. The summed E-state index contributed by atoms with van der Waals surface area (Å²) < 4.78 is 0. The fourth-order valence-corrected chi connectivity index (χ4v) is 2.63. The Morgan fingerprint density at radius 1 is 1.23 bits per heavy atom. The molecule has 6 nitrogen and oxygen atoms in total. The Bertz CT molecular complexity index is 572. The number of nitrogens with one attached hydrogen (secondary N) is 1. The Kier molecular flexibility index (Phi) is 4.68. The number of benzene rings is 1. The van der Waals surface area contributed by atoms with Gasteiger partial charge in [-0.15, -0.1) is 0 Å². The van der Waals surface area contributed by atoms with Crippen molar-refractivity contribution in [1.29, 1.82) is 0 Å². The van der Waals surface area contributed by atoms with Crippen LogP contribution >= 0.6 is 0 Å². The highest BCUT2D eigenvalue weighted by molar-refractivity contribution is 5.96. The number of piperidine rings is 1. The van der Waals surface area contributed by atoms with E-state index in [1.54, 1.807) is 12.1 Å². The van der Waals surface area contributed by atoms with Crippen LogP contribution in [-0.2, 0) is 0 Å². The van der Waals surface area contributed by atoms with Crippen LogP contribution in [0.5, 0.6) is 0 Å². The molecule has 0 spiro atoms. The lowest BCUT2D eigenvalue weighted by Gasteiger charge is -2.28. The van der Waals surface area contributed by atoms with Crippen LogP contribution in [0.4, 0.5) is 11.4 Å². The maximum Gasteiger partial charge on any atom is 0.293 e. The molecule has 0 radical (unpaired) electrons. The summed E-state index contributed by atoms with van der Waals surface area (Å²) in [4.78, 5) is 25.2. The molecule has 2 rings (SSSR count). The van der Waals surface area contributed by atoms with Gasteiger partial charge in [-0.1, -0.05) is 0 Å². The number of anilines is 1. The van der Waals surface area contributed by atoms with E-state index in [9.17, 15) is 14.9 Å². The number of nitrogens with zero attached hydrogens (tertiary/aromatic N) is 2. The Morgan fingerprint density at radius 2 is 1.86 bits per heavy atom. The van der Waals surface area contributed by atoms with E-state index in [0.717, 1.165) is 32.4 Å². The molecule has 1 heterocycles. The average molecular weight is 305 g/mol. The van der Waals surface area contributed by atoms with Crippen LogP contribution in [0.25, 0.3) is 0 Å². The number of carbonyl (C=O) groups excluding carboxylic acids is 1. The third-order valence-electron chi connectivity index (χ3n) is 3.62. The van der Waals surface area contributed by atoms with Crippen LogP contribution in [0.3, 0.4) is 0 Å². The number of hydrogen-bond donors (Lipinski definition) is 1. The first-order valence-corrected chi connectivity index (χ1v) is 7.64. The van der Waals surface area contributed by atoms with Gasteiger partial charge in [0.05, 0.1) is 4.92 Å². The monoisotopic (exact) mass is 305 g/mol. The molecule has 1 aromatic carbocycles. The Labute approximate surface area is 130 Å². The lowest BCUT2D eigenvalue weighted by Crippen LogP contribution is -2.40. The molecule has 1 aliphatic rings. The van der Waals surface area contributed by atoms with E-state index in [1.807, 2.05) is 25.7 Å². The van der Waals surface area contributed by atoms with Gasteiger partial charge in [-0.25, -0.2) is 0 Å². The SMILES string of the molecule is CC(C)(C)NC(=O)c1ccc(N2CCCCC2)c([N+](=O)[O-])c1. The van der Waals surface area contributed by atoms with Gasteiger partial charge >= 0.3 is 0 Å².